The molecule has 4 N–H and O–H groups in total. The van der Waals surface area contributed by atoms with Crippen molar-refractivity contribution >= 4 is 23.2 Å². The van der Waals surface area contributed by atoms with E-state index in [1.165, 1.54) is 10.9 Å². The molecule has 0 fully saturated rings. The minimum atomic E-state index is -0.499. The molecule has 19 heavy (non-hydrogen) atoms. The molecule has 98 valence electrons. The van der Waals surface area contributed by atoms with E-state index >= 15 is 0 Å². The summed E-state index contributed by atoms with van der Waals surface area (Å²) in [4.78, 5) is 26.6. The zero-order chi connectivity index (χ0) is 14.0. The van der Waals surface area contributed by atoms with Crippen LogP contribution in [0, 0.1) is 0 Å². The second-order valence-corrected chi connectivity index (χ2v) is 4.30. The van der Waals surface area contributed by atoms with Gasteiger partial charge in [0.05, 0.1) is 12.9 Å². The van der Waals surface area contributed by atoms with Gasteiger partial charge in [0.25, 0.3) is 5.56 Å². The minimum absolute atomic E-state index is 0.00896. The highest BCUT2D eigenvalue weighted by molar-refractivity contribution is 6.31. The number of hydrogen-bond donors (Lipinski definition) is 2. The van der Waals surface area contributed by atoms with Crippen molar-refractivity contribution in [3.8, 4) is 0 Å². The predicted molar refractivity (Wildman–Crippen MR) is 72.0 cm³/mol. The molecule has 1 heterocycles. The number of primary amides is 1. The van der Waals surface area contributed by atoms with Crippen LogP contribution in [0.4, 0.5) is 5.69 Å². The first kappa shape index (κ1) is 13.1. The van der Waals surface area contributed by atoms with E-state index in [1.54, 1.807) is 24.3 Å². The zero-order valence-electron chi connectivity index (χ0n) is 9.84. The van der Waals surface area contributed by atoms with Gasteiger partial charge in [-0.1, -0.05) is 23.7 Å². The molecular formula is C12H11ClN4O2. The van der Waals surface area contributed by atoms with Gasteiger partial charge >= 0.3 is 0 Å². The number of halogens is 1. The third-order valence-electron chi connectivity index (χ3n) is 2.62. The topological polar surface area (TPSA) is 104 Å². The van der Waals surface area contributed by atoms with Crippen molar-refractivity contribution < 1.29 is 4.79 Å². The molecule has 1 aromatic heterocycles. The van der Waals surface area contributed by atoms with E-state index in [9.17, 15) is 9.59 Å². The average Bonchev–Trinajstić information content (AvgIpc) is 2.40. The molecule has 0 radical (unpaired) electrons. The fraction of sp³-hybridized carbons (Fsp3) is 0.0833. The van der Waals surface area contributed by atoms with Crippen molar-refractivity contribution in [3.05, 3.63) is 57.2 Å². The second-order valence-electron chi connectivity index (χ2n) is 3.94. The Balaban J connectivity index is 2.29. The summed E-state index contributed by atoms with van der Waals surface area (Å²) in [6.07, 6.45) is 1.32. The van der Waals surface area contributed by atoms with Gasteiger partial charge in [-0.3, -0.25) is 14.2 Å². The van der Waals surface area contributed by atoms with Gasteiger partial charge in [0, 0.05) is 5.56 Å². The van der Waals surface area contributed by atoms with Crippen molar-refractivity contribution in [2.75, 3.05) is 5.73 Å². The number of anilines is 1. The quantitative estimate of drug-likeness (QED) is 0.803. The van der Waals surface area contributed by atoms with E-state index in [0.717, 1.165) is 5.56 Å². The standard InChI is InChI=1S/C12H11ClN4O2/c13-10-9(14)12(19)17(6-16-10)5-7-1-3-8(4-2-7)11(15)18/h1-4,6H,5,14H2,(H2,15,18). The van der Waals surface area contributed by atoms with Crippen LogP contribution in [0.15, 0.2) is 35.4 Å². The molecule has 2 aromatic rings. The van der Waals surface area contributed by atoms with E-state index in [0.29, 0.717) is 5.56 Å². The summed E-state index contributed by atoms with van der Waals surface area (Å²) in [5.41, 5.74) is 11.4. The Morgan fingerprint density at radius 2 is 1.95 bits per heavy atom. The monoisotopic (exact) mass is 278 g/mol. The summed E-state index contributed by atoms with van der Waals surface area (Å²) in [7, 11) is 0. The SMILES string of the molecule is NC(=O)c1ccc(Cn2cnc(Cl)c(N)c2=O)cc1. The normalized spacial score (nSPS) is 10.4. The van der Waals surface area contributed by atoms with Gasteiger partial charge in [-0.2, -0.15) is 0 Å². The molecule has 0 unspecified atom stereocenters. The lowest BCUT2D eigenvalue weighted by molar-refractivity contribution is 0.100. The highest BCUT2D eigenvalue weighted by Crippen LogP contribution is 2.10. The Kier molecular flexibility index (Phi) is 3.52. The number of hydrogen-bond acceptors (Lipinski definition) is 4. The van der Waals surface area contributed by atoms with Crippen molar-refractivity contribution in [1.29, 1.82) is 0 Å². The summed E-state index contributed by atoms with van der Waals surface area (Å²) in [6, 6.07) is 6.60. The molecule has 0 aliphatic carbocycles. The number of benzene rings is 1. The average molecular weight is 279 g/mol. The van der Waals surface area contributed by atoms with Crippen LogP contribution in [-0.2, 0) is 6.54 Å². The number of nitrogens with zero attached hydrogens (tertiary/aromatic N) is 2. The van der Waals surface area contributed by atoms with Crippen LogP contribution in [-0.4, -0.2) is 15.5 Å². The molecule has 2 rings (SSSR count). The molecule has 6 nitrogen and oxygen atoms in total. The van der Waals surface area contributed by atoms with Gasteiger partial charge in [-0.15, -0.1) is 0 Å². The molecule has 0 bridgehead atoms. The number of carbonyl (C=O) groups is 1. The number of amides is 1. The van der Waals surface area contributed by atoms with Crippen LogP contribution in [0.1, 0.15) is 15.9 Å². The zero-order valence-corrected chi connectivity index (χ0v) is 10.6. The summed E-state index contributed by atoms with van der Waals surface area (Å²) >= 11 is 5.64. The fourth-order valence-electron chi connectivity index (χ4n) is 1.57. The van der Waals surface area contributed by atoms with Gasteiger partial charge < -0.3 is 11.5 Å². The minimum Gasteiger partial charge on any atom is -0.392 e. The van der Waals surface area contributed by atoms with Crippen LogP contribution >= 0.6 is 11.6 Å². The van der Waals surface area contributed by atoms with Crippen LogP contribution < -0.4 is 17.0 Å². The van der Waals surface area contributed by atoms with E-state index in [1.807, 2.05) is 0 Å². The van der Waals surface area contributed by atoms with E-state index in [2.05, 4.69) is 4.98 Å². The Morgan fingerprint density at radius 1 is 1.32 bits per heavy atom. The van der Waals surface area contributed by atoms with Crippen LogP contribution in [0.2, 0.25) is 5.15 Å². The third-order valence-corrected chi connectivity index (χ3v) is 2.92. The fourth-order valence-corrected chi connectivity index (χ4v) is 1.69. The molecule has 0 spiro atoms. The smallest absolute Gasteiger partial charge is 0.278 e. The molecular weight excluding hydrogens is 268 g/mol. The lowest BCUT2D eigenvalue weighted by Crippen LogP contribution is -2.24. The van der Waals surface area contributed by atoms with E-state index in [-0.39, 0.29) is 17.4 Å². The van der Waals surface area contributed by atoms with Crippen molar-refractivity contribution in [1.82, 2.24) is 9.55 Å². The lowest BCUT2D eigenvalue weighted by Gasteiger charge is -2.07. The maximum Gasteiger partial charge on any atom is 0.278 e. The Hall–Kier alpha value is -2.34. The van der Waals surface area contributed by atoms with Gasteiger partial charge in [0.1, 0.15) is 5.69 Å². The molecule has 0 saturated carbocycles. The van der Waals surface area contributed by atoms with Gasteiger partial charge in [0.15, 0.2) is 5.15 Å². The molecule has 0 aliphatic rings. The first-order valence-corrected chi connectivity index (χ1v) is 5.76. The predicted octanol–water partition coefficient (Wildman–Crippen LogP) is 0.626. The van der Waals surface area contributed by atoms with Crippen LogP contribution in [0.3, 0.4) is 0 Å². The van der Waals surface area contributed by atoms with E-state index in [4.69, 9.17) is 23.1 Å². The first-order valence-electron chi connectivity index (χ1n) is 5.38. The highest BCUT2D eigenvalue weighted by Gasteiger charge is 2.07. The summed E-state index contributed by atoms with van der Waals surface area (Å²) in [5.74, 6) is -0.499. The van der Waals surface area contributed by atoms with Crippen molar-refractivity contribution in [2.24, 2.45) is 5.73 Å². The Labute approximate surface area is 113 Å². The number of carbonyl (C=O) groups excluding carboxylic acids is 1. The number of rotatable bonds is 3. The number of nitrogen functional groups attached to an aromatic ring is 1. The number of aromatic nitrogens is 2. The molecule has 1 amide bonds. The lowest BCUT2D eigenvalue weighted by atomic mass is 10.1. The summed E-state index contributed by atoms with van der Waals surface area (Å²) in [6.45, 7) is 0.284. The van der Waals surface area contributed by atoms with Crippen LogP contribution in [0.25, 0.3) is 0 Å². The van der Waals surface area contributed by atoms with Gasteiger partial charge in [-0.05, 0) is 17.7 Å². The molecule has 0 saturated heterocycles. The van der Waals surface area contributed by atoms with Gasteiger partial charge in [-0.25, -0.2) is 4.98 Å². The van der Waals surface area contributed by atoms with Crippen molar-refractivity contribution in [2.45, 2.75) is 6.54 Å². The third kappa shape index (κ3) is 2.74. The largest absolute Gasteiger partial charge is 0.392 e. The Morgan fingerprint density at radius 3 is 2.53 bits per heavy atom. The summed E-state index contributed by atoms with van der Waals surface area (Å²) in [5, 5.41) is -0.00896. The first-order chi connectivity index (χ1) is 8.99. The number of nitrogens with two attached hydrogens (primary N) is 2. The maximum atomic E-state index is 11.8. The summed E-state index contributed by atoms with van der Waals surface area (Å²) < 4.78 is 1.33. The van der Waals surface area contributed by atoms with Crippen molar-refractivity contribution in [3.63, 3.8) is 0 Å². The molecule has 0 aliphatic heterocycles. The second kappa shape index (κ2) is 5.11. The molecule has 0 atom stereocenters. The highest BCUT2D eigenvalue weighted by atomic mass is 35.5. The molecule has 1 aromatic carbocycles. The van der Waals surface area contributed by atoms with Gasteiger partial charge in [0.2, 0.25) is 5.91 Å². The molecule has 7 heteroatoms. The van der Waals surface area contributed by atoms with Crippen LogP contribution in [0.5, 0.6) is 0 Å². The Bertz CT molecular complexity index is 679. The maximum absolute atomic E-state index is 11.8. The van der Waals surface area contributed by atoms with E-state index < -0.39 is 11.5 Å².